The summed E-state index contributed by atoms with van der Waals surface area (Å²) < 4.78 is 10.1. The van der Waals surface area contributed by atoms with Crippen LogP contribution in [-0.2, 0) is 0 Å². The predicted molar refractivity (Wildman–Crippen MR) is 77.6 cm³/mol. The minimum atomic E-state index is -0.577. The molecule has 0 fully saturated rings. The zero-order valence-corrected chi connectivity index (χ0v) is 12.0. The lowest BCUT2D eigenvalue weighted by molar-refractivity contribution is -0.385. The zero-order valence-electron chi connectivity index (χ0n) is 11.1. The molecule has 0 amide bonds. The van der Waals surface area contributed by atoms with Crippen LogP contribution in [0.1, 0.15) is 5.56 Å². The molecular weight excluding hydrogens is 306 g/mol. The van der Waals surface area contributed by atoms with Crippen LogP contribution >= 0.6 is 12.4 Å². The molecule has 0 spiro atoms. The average Bonchev–Trinajstić information content (AvgIpc) is 2.45. The number of hydrogen-bond acceptors (Lipinski definition) is 7. The van der Waals surface area contributed by atoms with Gasteiger partial charge in [0.15, 0.2) is 11.5 Å². The normalized spacial score (nSPS) is 10.9. The number of nitrogens with two attached hydrogens (primary N) is 1. The van der Waals surface area contributed by atoms with Crippen LogP contribution in [0.2, 0.25) is 0 Å². The number of nitro groups is 1. The summed E-state index contributed by atoms with van der Waals surface area (Å²) in [6.45, 7) is 0. The van der Waals surface area contributed by atoms with Crippen LogP contribution in [0.5, 0.6) is 11.5 Å². The van der Waals surface area contributed by atoms with Crippen LogP contribution in [0.15, 0.2) is 22.3 Å². The molecule has 11 heteroatoms. The fraction of sp³-hybridized carbons (Fsp3) is 0.200. The van der Waals surface area contributed by atoms with Gasteiger partial charge in [-0.2, -0.15) is 5.10 Å². The van der Waals surface area contributed by atoms with Gasteiger partial charge in [-0.05, 0) is 0 Å². The Kier molecular flexibility index (Phi) is 7.50. The molecule has 1 aromatic carbocycles. The van der Waals surface area contributed by atoms with Crippen molar-refractivity contribution in [2.45, 2.75) is 0 Å². The van der Waals surface area contributed by atoms with Crippen molar-refractivity contribution in [2.75, 3.05) is 14.2 Å². The van der Waals surface area contributed by atoms with Crippen molar-refractivity contribution >= 4 is 30.3 Å². The highest BCUT2D eigenvalue weighted by atomic mass is 35.5. The van der Waals surface area contributed by atoms with Crippen LogP contribution in [-0.4, -0.2) is 36.5 Å². The lowest BCUT2D eigenvalue weighted by Crippen LogP contribution is -2.27. The van der Waals surface area contributed by atoms with Gasteiger partial charge in [-0.25, -0.2) is 5.48 Å². The lowest BCUT2D eigenvalue weighted by atomic mass is 10.1. The van der Waals surface area contributed by atoms with Gasteiger partial charge in [-0.15, -0.1) is 17.5 Å². The van der Waals surface area contributed by atoms with Gasteiger partial charge < -0.3 is 15.2 Å². The first-order valence-corrected chi connectivity index (χ1v) is 5.20. The number of benzene rings is 1. The van der Waals surface area contributed by atoms with Gasteiger partial charge in [0.05, 0.1) is 31.4 Å². The Hall–Kier alpha value is -2.59. The molecule has 0 bridgehead atoms. The Labute approximate surface area is 125 Å². The Bertz CT molecular complexity index is 563. The second-order valence-electron chi connectivity index (χ2n) is 3.37. The van der Waals surface area contributed by atoms with E-state index in [1.54, 1.807) is 5.48 Å². The molecule has 116 valence electrons. The first kappa shape index (κ1) is 18.4. The minimum Gasteiger partial charge on any atom is -0.493 e. The second-order valence-corrected chi connectivity index (χ2v) is 3.37. The highest BCUT2D eigenvalue weighted by molar-refractivity contribution is 5.87. The number of non-ortho nitro benzene ring substituents is 1. The number of guanidine groups is 1. The Balaban J connectivity index is 0.00000400. The van der Waals surface area contributed by atoms with Gasteiger partial charge in [0.2, 0.25) is 5.96 Å². The zero-order chi connectivity index (χ0) is 15.1. The summed E-state index contributed by atoms with van der Waals surface area (Å²) in [4.78, 5) is 10.2. The number of methoxy groups -OCH3 is 2. The number of ether oxygens (including phenoxy) is 2. The maximum atomic E-state index is 10.8. The van der Waals surface area contributed by atoms with E-state index in [1.165, 1.54) is 32.6 Å². The number of nitrogens with zero attached hydrogens (tertiary/aromatic N) is 3. The molecule has 0 unspecified atom stereocenters. The molecule has 0 heterocycles. The van der Waals surface area contributed by atoms with Crippen LogP contribution in [0.4, 0.5) is 5.69 Å². The summed E-state index contributed by atoms with van der Waals surface area (Å²) in [5.74, 6) is 0.102. The van der Waals surface area contributed by atoms with Crippen molar-refractivity contribution in [3.05, 3.63) is 27.8 Å². The highest BCUT2D eigenvalue weighted by Crippen LogP contribution is 2.34. The highest BCUT2D eigenvalue weighted by Gasteiger charge is 2.16. The number of rotatable bonds is 5. The van der Waals surface area contributed by atoms with E-state index in [4.69, 9.17) is 20.4 Å². The molecule has 0 aliphatic carbocycles. The minimum absolute atomic E-state index is 0. The van der Waals surface area contributed by atoms with Crippen molar-refractivity contribution in [3.8, 4) is 11.5 Å². The number of halogens is 1. The predicted octanol–water partition coefficient (Wildman–Crippen LogP) is 0.661. The summed E-state index contributed by atoms with van der Waals surface area (Å²) in [6.07, 6.45) is 1.18. The van der Waals surface area contributed by atoms with E-state index in [1.807, 2.05) is 0 Å². The molecule has 0 atom stereocenters. The SMILES string of the molecule is COc1cc([N+](=O)[O-])cc(/C=N/N=C(N)NO)c1OC.Cl. The van der Waals surface area contributed by atoms with Crippen LogP contribution in [0.25, 0.3) is 0 Å². The third kappa shape index (κ3) is 4.78. The van der Waals surface area contributed by atoms with Crippen molar-refractivity contribution in [1.82, 2.24) is 5.48 Å². The van der Waals surface area contributed by atoms with E-state index in [9.17, 15) is 10.1 Å². The van der Waals surface area contributed by atoms with Gasteiger partial charge in [0, 0.05) is 11.6 Å². The third-order valence-electron chi connectivity index (χ3n) is 2.18. The maximum absolute atomic E-state index is 10.8. The van der Waals surface area contributed by atoms with Gasteiger partial charge in [-0.3, -0.25) is 15.3 Å². The topological polar surface area (TPSA) is 145 Å². The lowest BCUT2D eigenvalue weighted by Gasteiger charge is -2.09. The van der Waals surface area contributed by atoms with Crippen LogP contribution in [0.3, 0.4) is 0 Å². The first-order chi connectivity index (χ1) is 9.53. The molecule has 0 aromatic heterocycles. The van der Waals surface area contributed by atoms with E-state index >= 15 is 0 Å². The van der Waals surface area contributed by atoms with Crippen molar-refractivity contribution in [2.24, 2.45) is 15.9 Å². The Morgan fingerprint density at radius 1 is 1.48 bits per heavy atom. The van der Waals surface area contributed by atoms with Gasteiger partial charge in [0.1, 0.15) is 0 Å². The molecule has 0 radical (unpaired) electrons. The average molecular weight is 320 g/mol. The molecule has 0 saturated carbocycles. The molecule has 21 heavy (non-hydrogen) atoms. The number of hydrogen-bond donors (Lipinski definition) is 3. The standard InChI is InChI=1S/C10H13N5O5.ClH/c1-19-8-4-7(15(17)18)3-6(9(8)20-2)5-12-13-10(11)14-16;/h3-5,16H,1-2H3,(H3,11,13,14);1H/b12-5+;. The van der Waals surface area contributed by atoms with E-state index < -0.39 is 4.92 Å². The summed E-state index contributed by atoms with van der Waals surface area (Å²) in [6, 6.07) is 2.46. The first-order valence-electron chi connectivity index (χ1n) is 5.20. The maximum Gasteiger partial charge on any atom is 0.274 e. The van der Waals surface area contributed by atoms with Crippen molar-refractivity contribution in [3.63, 3.8) is 0 Å². The molecular formula is C10H14ClN5O5. The number of hydroxylamine groups is 1. The van der Waals surface area contributed by atoms with Gasteiger partial charge in [-0.1, -0.05) is 0 Å². The summed E-state index contributed by atoms with van der Waals surface area (Å²) in [5.41, 5.74) is 6.81. The quantitative estimate of drug-likeness (QED) is 0.313. The smallest absolute Gasteiger partial charge is 0.274 e. The van der Waals surface area contributed by atoms with E-state index in [0.29, 0.717) is 0 Å². The molecule has 4 N–H and O–H groups in total. The van der Waals surface area contributed by atoms with Gasteiger partial charge >= 0.3 is 0 Å². The van der Waals surface area contributed by atoms with Crippen molar-refractivity contribution < 1.29 is 19.6 Å². The van der Waals surface area contributed by atoms with Crippen LogP contribution in [0, 0.1) is 10.1 Å². The number of nitrogens with one attached hydrogen (secondary N) is 1. The summed E-state index contributed by atoms with van der Waals surface area (Å²) in [5, 5.41) is 26.2. The molecule has 10 nitrogen and oxygen atoms in total. The monoisotopic (exact) mass is 319 g/mol. The largest absolute Gasteiger partial charge is 0.493 e. The molecule has 1 aromatic rings. The van der Waals surface area contributed by atoms with Crippen LogP contribution < -0.4 is 20.7 Å². The molecule has 0 saturated heterocycles. The molecule has 0 aliphatic heterocycles. The van der Waals surface area contributed by atoms with Crippen molar-refractivity contribution in [1.29, 1.82) is 0 Å². The fourth-order valence-electron chi connectivity index (χ4n) is 1.36. The summed E-state index contributed by atoms with van der Waals surface area (Å²) in [7, 11) is 2.74. The van der Waals surface area contributed by atoms with Gasteiger partial charge in [0.25, 0.3) is 5.69 Å². The fourth-order valence-corrected chi connectivity index (χ4v) is 1.36. The number of nitro benzene ring substituents is 1. The third-order valence-corrected chi connectivity index (χ3v) is 2.18. The Morgan fingerprint density at radius 2 is 2.14 bits per heavy atom. The second kappa shape index (κ2) is 8.55. The Morgan fingerprint density at radius 3 is 2.62 bits per heavy atom. The summed E-state index contributed by atoms with van der Waals surface area (Å²) >= 11 is 0. The molecule has 0 aliphatic rings. The van der Waals surface area contributed by atoms with E-state index in [0.717, 1.165) is 0 Å². The van der Waals surface area contributed by atoms with E-state index in [-0.39, 0.29) is 41.1 Å². The molecule has 1 rings (SSSR count). The van der Waals surface area contributed by atoms with E-state index in [2.05, 4.69) is 10.2 Å².